The molecule has 0 fully saturated rings. The Balaban J connectivity index is 1.62. The molecule has 128 valence electrons. The molecule has 0 unspecified atom stereocenters. The number of hydrogen-bond acceptors (Lipinski definition) is 4. The fraction of sp³-hybridized carbons (Fsp3) is 0.158. The quantitative estimate of drug-likeness (QED) is 0.592. The maximum atomic E-state index is 12.3. The number of carbonyl (C=O) groups excluding carboxylic acids is 1. The van der Waals surface area contributed by atoms with Crippen molar-refractivity contribution >= 4 is 44.5 Å². The first-order valence-corrected chi connectivity index (χ1v) is 9.54. The number of aryl methyl sites for hydroxylation is 1. The lowest BCUT2D eigenvalue weighted by Crippen LogP contribution is -2.31. The summed E-state index contributed by atoms with van der Waals surface area (Å²) in [4.78, 5) is 16.8. The number of anilines is 2. The van der Waals surface area contributed by atoms with Crippen LogP contribution in [-0.4, -0.2) is 16.9 Å². The van der Waals surface area contributed by atoms with Crippen molar-refractivity contribution in [2.45, 2.75) is 19.9 Å². The number of nitrogens with zero attached hydrogens (tertiary/aromatic N) is 1. The molecule has 0 saturated heterocycles. The standard InChI is InChI=1S/C19H18BrN3OS/c1-12(19(24)23-17-5-3-4-15(20)10-17)21-16-8-6-14(7-9-16)18-11-25-13(2)22-18/h3-12,21H,1-2H3,(H,23,24)/t12-/m0/s1. The van der Waals surface area contributed by atoms with Gasteiger partial charge in [0, 0.05) is 26.8 Å². The van der Waals surface area contributed by atoms with E-state index in [0.29, 0.717) is 0 Å². The molecule has 3 aromatic rings. The van der Waals surface area contributed by atoms with E-state index in [-0.39, 0.29) is 11.9 Å². The Kier molecular flexibility index (Phi) is 5.50. The fourth-order valence-electron chi connectivity index (χ4n) is 2.37. The van der Waals surface area contributed by atoms with Crippen LogP contribution >= 0.6 is 27.3 Å². The second kappa shape index (κ2) is 7.80. The Labute approximate surface area is 159 Å². The monoisotopic (exact) mass is 415 g/mol. The molecule has 2 N–H and O–H groups in total. The molecule has 1 atom stereocenters. The van der Waals surface area contributed by atoms with Crippen LogP contribution in [0.1, 0.15) is 11.9 Å². The molecule has 6 heteroatoms. The molecule has 1 heterocycles. The number of amides is 1. The number of carbonyl (C=O) groups is 1. The van der Waals surface area contributed by atoms with Crippen LogP contribution in [0.3, 0.4) is 0 Å². The van der Waals surface area contributed by atoms with Crippen LogP contribution in [0.5, 0.6) is 0 Å². The first-order valence-electron chi connectivity index (χ1n) is 7.87. The van der Waals surface area contributed by atoms with Gasteiger partial charge < -0.3 is 10.6 Å². The van der Waals surface area contributed by atoms with Crippen LogP contribution in [-0.2, 0) is 4.79 Å². The average molecular weight is 416 g/mol. The summed E-state index contributed by atoms with van der Waals surface area (Å²) in [6.07, 6.45) is 0. The van der Waals surface area contributed by atoms with E-state index < -0.39 is 0 Å². The second-order valence-corrected chi connectivity index (χ2v) is 7.67. The fourth-order valence-corrected chi connectivity index (χ4v) is 3.39. The van der Waals surface area contributed by atoms with Gasteiger partial charge in [0.25, 0.3) is 0 Å². The zero-order valence-corrected chi connectivity index (χ0v) is 16.3. The number of thiazole rings is 1. The molecule has 1 amide bonds. The van der Waals surface area contributed by atoms with Crippen LogP contribution in [0, 0.1) is 6.92 Å². The molecule has 0 aliphatic rings. The summed E-state index contributed by atoms with van der Waals surface area (Å²) in [7, 11) is 0. The largest absolute Gasteiger partial charge is 0.374 e. The van der Waals surface area contributed by atoms with Crippen LogP contribution < -0.4 is 10.6 Å². The van der Waals surface area contributed by atoms with Gasteiger partial charge in [0.2, 0.25) is 5.91 Å². The highest BCUT2D eigenvalue weighted by Crippen LogP contribution is 2.23. The molecule has 0 bridgehead atoms. The summed E-state index contributed by atoms with van der Waals surface area (Å²) in [5.74, 6) is -0.0858. The molecule has 4 nitrogen and oxygen atoms in total. The number of benzene rings is 2. The molecule has 0 saturated carbocycles. The minimum absolute atomic E-state index is 0.0858. The van der Waals surface area contributed by atoms with E-state index in [4.69, 9.17) is 0 Å². The highest BCUT2D eigenvalue weighted by Gasteiger charge is 2.13. The van der Waals surface area contributed by atoms with Gasteiger partial charge in [-0.05, 0) is 44.2 Å². The zero-order chi connectivity index (χ0) is 17.8. The van der Waals surface area contributed by atoms with E-state index in [9.17, 15) is 4.79 Å². The van der Waals surface area contributed by atoms with Crippen molar-refractivity contribution in [2.75, 3.05) is 10.6 Å². The van der Waals surface area contributed by atoms with Crippen LogP contribution in [0.2, 0.25) is 0 Å². The molecule has 0 aliphatic carbocycles. The highest BCUT2D eigenvalue weighted by atomic mass is 79.9. The second-order valence-electron chi connectivity index (χ2n) is 5.69. The van der Waals surface area contributed by atoms with E-state index in [1.165, 1.54) is 0 Å². The van der Waals surface area contributed by atoms with E-state index in [1.54, 1.807) is 11.3 Å². The predicted molar refractivity (Wildman–Crippen MR) is 108 cm³/mol. The summed E-state index contributed by atoms with van der Waals surface area (Å²) in [5.41, 5.74) is 3.71. The molecule has 1 aromatic heterocycles. The SMILES string of the molecule is Cc1nc(-c2ccc(N[C@@H](C)C(=O)Nc3cccc(Br)c3)cc2)cs1. The van der Waals surface area contributed by atoms with Crippen LogP contribution in [0.4, 0.5) is 11.4 Å². The van der Waals surface area contributed by atoms with Crippen LogP contribution in [0.25, 0.3) is 11.3 Å². The normalized spacial score (nSPS) is 11.8. The number of hydrogen-bond donors (Lipinski definition) is 2. The molecular weight excluding hydrogens is 398 g/mol. The third-order valence-electron chi connectivity index (χ3n) is 3.67. The smallest absolute Gasteiger partial charge is 0.246 e. The molecule has 0 aliphatic heterocycles. The lowest BCUT2D eigenvalue weighted by molar-refractivity contribution is -0.116. The van der Waals surface area contributed by atoms with Crippen molar-refractivity contribution < 1.29 is 4.79 Å². The van der Waals surface area contributed by atoms with Crippen molar-refractivity contribution in [1.82, 2.24) is 4.98 Å². The Bertz CT molecular complexity index is 876. The maximum absolute atomic E-state index is 12.3. The molecule has 0 radical (unpaired) electrons. The lowest BCUT2D eigenvalue weighted by atomic mass is 10.1. The van der Waals surface area contributed by atoms with Crippen molar-refractivity contribution in [3.05, 3.63) is 63.4 Å². The van der Waals surface area contributed by atoms with Gasteiger partial charge in [-0.2, -0.15) is 0 Å². The third-order valence-corrected chi connectivity index (χ3v) is 4.94. The summed E-state index contributed by atoms with van der Waals surface area (Å²) in [6, 6.07) is 15.1. The third kappa shape index (κ3) is 4.67. The molecule has 25 heavy (non-hydrogen) atoms. The number of rotatable bonds is 5. The number of halogens is 1. The Morgan fingerprint density at radius 2 is 1.92 bits per heavy atom. The summed E-state index contributed by atoms with van der Waals surface area (Å²) in [5, 5.41) is 9.22. The van der Waals surface area contributed by atoms with Crippen molar-refractivity contribution in [3.8, 4) is 11.3 Å². The van der Waals surface area contributed by atoms with Gasteiger partial charge in [-0.1, -0.05) is 34.1 Å². The zero-order valence-electron chi connectivity index (χ0n) is 13.9. The van der Waals surface area contributed by atoms with Gasteiger partial charge in [0.15, 0.2) is 0 Å². The van der Waals surface area contributed by atoms with Crippen molar-refractivity contribution in [1.29, 1.82) is 0 Å². The van der Waals surface area contributed by atoms with E-state index in [1.807, 2.05) is 67.8 Å². The van der Waals surface area contributed by atoms with Gasteiger partial charge in [0.05, 0.1) is 10.7 Å². The molecular formula is C19H18BrN3OS. The first-order chi connectivity index (χ1) is 12.0. The Hall–Kier alpha value is -2.18. The molecule has 0 spiro atoms. The minimum atomic E-state index is -0.355. The van der Waals surface area contributed by atoms with Gasteiger partial charge in [-0.3, -0.25) is 4.79 Å². The molecule has 3 rings (SSSR count). The van der Waals surface area contributed by atoms with Gasteiger partial charge in [-0.15, -0.1) is 11.3 Å². The number of nitrogens with one attached hydrogen (secondary N) is 2. The number of aromatic nitrogens is 1. The Morgan fingerprint density at radius 1 is 1.16 bits per heavy atom. The van der Waals surface area contributed by atoms with E-state index in [2.05, 4.69) is 31.5 Å². The van der Waals surface area contributed by atoms with Crippen molar-refractivity contribution in [2.24, 2.45) is 0 Å². The van der Waals surface area contributed by atoms with Gasteiger partial charge in [0.1, 0.15) is 6.04 Å². The van der Waals surface area contributed by atoms with Crippen molar-refractivity contribution in [3.63, 3.8) is 0 Å². The van der Waals surface area contributed by atoms with E-state index >= 15 is 0 Å². The van der Waals surface area contributed by atoms with Gasteiger partial charge in [-0.25, -0.2) is 4.98 Å². The topological polar surface area (TPSA) is 54.0 Å². The summed E-state index contributed by atoms with van der Waals surface area (Å²) >= 11 is 5.04. The van der Waals surface area contributed by atoms with Gasteiger partial charge >= 0.3 is 0 Å². The summed E-state index contributed by atoms with van der Waals surface area (Å²) < 4.78 is 0.929. The lowest BCUT2D eigenvalue weighted by Gasteiger charge is -2.15. The van der Waals surface area contributed by atoms with Crippen LogP contribution in [0.15, 0.2) is 58.4 Å². The molecule has 2 aromatic carbocycles. The predicted octanol–water partition coefficient (Wildman–Crippen LogP) is 5.32. The minimum Gasteiger partial charge on any atom is -0.374 e. The maximum Gasteiger partial charge on any atom is 0.246 e. The summed E-state index contributed by atoms with van der Waals surface area (Å²) in [6.45, 7) is 3.83. The first kappa shape index (κ1) is 17.6. The Morgan fingerprint density at radius 3 is 2.56 bits per heavy atom. The van der Waals surface area contributed by atoms with E-state index in [0.717, 1.165) is 32.1 Å². The highest BCUT2D eigenvalue weighted by molar-refractivity contribution is 9.10. The average Bonchev–Trinajstić information content (AvgIpc) is 3.02.